The van der Waals surface area contributed by atoms with Crippen molar-refractivity contribution in [3.8, 4) is 6.07 Å². The molecule has 6 heteroatoms. The van der Waals surface area contributed by atoms with Gasteiger partial charge in [0, 0.05) is 16.0 Å². The Morgan fingerprint density at radius 1 is 1.14 bits per heavy atom. The number of rotatable bonds is 2. The third-order valence-electron chi connectivity index (χ3n) is 2.73. The first-order valence-corrected chi connectivity index (χ1v) is 7.90. The molecular formula is C15H14Br2N4. The van der Waals surface area contributed by atoms with Crippen molar-refractivity contribution < 1.29 is 0 Å². The number of hydrogen-bond acceptors (Lipinski definition) is 4. The van der Waals surface area contributed by atoms with Crippen molar-refractivity contribution in [3.63, 3.8) is 0 Å². The summed E-state index contributed by atoms with van der Waals surface area (Å²) in [6.45, 7) is 6.16. The number of nitriles is 1. The summed E-state index contributed by atoms with van der Waals surface area (Å²) >= 11 is 6.81. The van der Waals surface area contributed by atoms with E-state index in [1.807, 2.05) is 12.1 Å². The van der Waals surface area contributed by atoms with E-state index in [1.54, 1.807) is 12.1 Å². The summed E-state index contributed by atoms with van der Waals surface area (Å²) in [7, 11) is 0. The zero-order valence-corrected chi connectivity index (χ0v) is 15.1. The Morgan fingerprint density at radius 3 is 2.48 bits per heavy atom. The maximum Gasteiger partial charge on any atom is 0.137 e. The molecule has 4 nitrogen and oxygen atoms in total. The molecule has 0 fully saturated rings. The number of nitrogens with one attached hydrogen (secondary N) is 1. The van der Waals surface area contributed by atoms with Crippen LogP contribution in [0.1, 0.15) is 32.2 Å². The van der Waals surface area contributed by atoms with Crippen LogP contribution in [0.5, 0.6) is 0 Å². The Morgan fingerprint density at radius 2 is 1.86 bits per heavy atom. The first-order chi connectivity index (χ1) is 9.79. The van der Waals surface area contributed by atoms with Gasteiger partial charge in [0.05, 0.1) is 11.3 Å². The molecule has 0 aliphatic carbocycles. The molecule has 0 saturated carbocycles. The van der Waals surface area contributed by atoms with Crippen LogP contribution in [-0.2, 0) is 5.41 Å². The van der Waals surface area contributed by atoms with Crippen molar-refractivity contribution in [1.82, 2.24) is 9.97 Å². The predicted molar refractivity (Wildman–Crippen MR) is 90.6 cm³/mol. The Labute approximate surface area is 140 Å². The minimum atomic E-state index is -0.157. The SMILES string of the molecule is CC(C)(C)c1nc(Br)cc(Nc2cc(Br)ccc2C#N)n1. The highest BCUT2D eigenvalue weighted by Crippen LogP contribution is 2.27. The molecule has 0 aliphatic rings. The van der Waals surface area contributed by atoms with Crippen molar-refractivity contribution in [2.75, 3.05) is 5.32 Å². The summed E-state index contributed by atoms with van der Waals surface area (Å²) in [5, 5.41) is 12.4. The van der Waals surface area contributed by atoms with E-state index in [4.69, 9.17) is 0 Å². The normalized spacial score (nSPS) is 11.0. The fourth-order valence-electron chi connectivity index (χ4n) is 1.67. The Hall–Kier alpha value is -1.45. The largest absolute Gasteiger partial charge is 0.339 e. The maximum atomic E-state index is 9.18. The van der Waals surface area contributed by atoms with Crippen LogP contribution in [0.25, 0.3) is 0 Å². The highest BCUT2D eigenvalue weighted by molar-refractivity contribution is 9.10. The van der Waals surface area contributed by atoms with Gasteiger partial charge in [-0.1, -0.05) is 36.7 Å². The molecule has 0 saturated heterocycles. The maximum absolute atomic E-state index is 9.18. The van der Waals surface area contributed by atoms with E-state index < -0.39 is 0 Å². The van der Waals surface area contributed by atoms with Crippen LogP contribution in [0.4, 0.5) is 11.5 Å². The molecule has 1 aromatic heterocycles. The van der Waals surface area contributed by atoms with Crippen LogP contribution >= 0.6 is 31.9 Å². The van der Waals surface area contributed by atoms with Gasteiger partial charge >= 0.3 is 0 Å². The van der Waals surface area contributed by atoms with Crippen molar-refractivity contribution in [2.45, 2.75) is 26.2 Å². The standard InChI is InChI=1S/C15H14Br2N4/c1-15(2,3)14-20-12(17)7-13(21-14)19-11-6-10(16)5-4-9(11)8-18/h4-7H,1-3H3,(H,19,20,21). The zero-order valence-electron chi connectivity index (χ0n) is 11.9. The fraction of sp³-hybridized carbons (Fsp3) is 0.267. The molecule has 1 heterocycles. The summed E-state index contributed by atoms with van der Waals surface area (Å²) in [5.41, 5.74) is 1.11. The van der Waals surface area contributed by atoms with Crippen LogP contribution in [0.2, 0.25) is 0 Å². The summed E-state index contributed by atoms with van der Waals surface area (Å²) in [4.78, 5) is 8.93. The monoisotopic (exact) mass is 408 g/mol. The van der Waals surface area contributed by atoms with E-state index >= 15 is 0 Å². The van der Waals surface area contributed by atoms with Gasteiger partial charge in [-0.05, 0) is 34.1 Å². The van der Waals surface area contributed by atoms with Crippen molar-refractivity contribution >= 4 is 43.4 Å². The van der Waals surface area contributed by atoms with Gasteiger partial charge in [0.15, 0.2) is 0 Å². The summed E-state index contributed by atoms with van der Waals surface area (Å²) in [6, 6.07) is 9.40. The lowest BCUT2D eigenvalue weighted by Gasteiger charge is -2.18. The van der Waals surface area contributed by atoms with Crippen molar-refractivity contribution in [3.05, 3.63) is 44.7 Å². The van der Waals surface area contributed by atoms with Gasteiger partial charge in [-0.2, -0.15) is 5.26 Å². The Kier molecular flexibility index (Phi) is 4.64. The van der Waals surface area contributed by atoms with Crippen molar-refractivity contribution in [1.29, 1.82) is 5.26 Å². The molecule has 108 valence electrons. The number of nitrogens with zero attached hydrogens (tertiary/aromatic N) is 3. The minimum absolute atomic E-state index is 0.157. The number of anilines is 2. The summed E-state index contributed by atoms with van der Waals surface area (Å²) in [5.74, 6) is 1.38. The van der Waals surface area contributed by atoms with E-state index in [0.29, 0.717) is 21.7 Å². The minimum Gasteiger partial charge on any atom is -0.339 e. The molecule has 0 bridgehead atoms. The Balaban J connectivity index is 2.43. The lowest BCUT2D eigenvalue weighted by molar-refractivity contribution is 0.544. The molecular weight excluding hydrogens is 396 g/mol. The van der Waals surface area contributed by atoms with E-state index in [-0.39, 0.29) is 5.41 Å². The lowest BCUT2D eigenvalue weighted by Crippen LogP contribution is -2.17. The predicted octanol–water partition coefficient (Wildman–Crippen LogP) is 4.91. The van der Waals surface area contributed by atoms with Gasteiger partial charge in [0.2, 0.25) is 0 Å². The molecule has 1 N–H and O–H groups in total. The summed E-state index contributed by atoms with van der Waals surface area (Å²) in [6.07, 6.45) is 0. The smallest absolute Gasteiger partial charge is 0.137 e. The zero-order chi connectivity index (χ0) is 15.6. The van der Waals surface area contributed by atoms with Gasteiger partial charge < -0.3 is 5.32 Å². The lowest BCUT2D eigenvalue weighted by atomic mass is 9.96. The topological polar surface area (TPSA) is 61.6 Å². The molecule has 0 unspecified atom stereocenters. The average molecular weight is 410 g/mol. The quantitative estimate of drug-likeness (QED) is 0.715. The van der Waals surface area contributed by atoms with Crippen molar-refractivity contribution in [2.24, 2.45) is 0 Å². The first kappa shape index (κ1) is 15.9. The molecule has 2 rings (SSSR count). The molecule has 0 radical (unpaired) electrons. The number of halogens is 2. The highest BCUT2D eigenvalue weighted by atomic mass is 79.9. The molecule has 0 amide bonds. The highest BCUT2D eigenvalue weighted by Gasteiger charge is 2.19. The fourth-order valence-corrected chi connectivity index (χ4v) is 2.42. The van der Waals surface area contributed by atoms with Crippen LogP contribution in [0, 0.1) is 11.3 Å². The molecule has 0 spiro atoms. The number of benzene rings is 1. The van der Waals surface area contributed by atoms with Gasteiger partial charge in [0.1, 0.15) is 22.3 Å². The van der Waals surface area contributed by atoms with Gasteiger partial charge in [0.25, 0.3) is 0 Å². The number of hydrogen-bond donors (Lipinski definition) is 1. The summed E-state index contributed by atoms with van der Waals surface area (Å²) < 4.78 is 1.60. The molecule has 0 aliphatic heterocycles. The van der Waals surface area contributed by atoms with Crippen LogP contribution in [0.15, 0.2) is 33.3 Å². The second-order valence-electron chi connectivity index (χ2n) is 5.58. The average Bonchev–Trinajstić information content (AvgIpc) is 2.37. The third-order valence-corrected chi connectivity index (χ3v) is 3.63. The van der Waals surface area contributed by atoms with Crippen LogP contribution < -0.4 is 5.32 Å². The van der Waals surface area contributed by atoms with E-state index in [9.17, 15) is 5.26 Å². The third kappa shape index (κ3) is 4.02. The van der Waals surface area contributed by atoms with Crippen LogP contribution in [0.3, 0.4) is 0 Å². The molecule has 2 aromatic rings. The van der Waals surface area contributed by atoms with E-state index in [0.717, 1.165) is 10.3 Å². The second kappa shape index (κ2) is 6.12. The molecule has 1 aromatic carbocycles. The van der Waals surface area contributed by atoms with E-state index in [2.05, 4.69) is 74.0 Å². The van der Waals surface area contributed by atoms with Gasteiger partial charge in [-0.3, -0.25) is 0 Å². The molecule has 0 atom stereocenters. The van der Waals surface area contributed by atoms with E-state index in [1.165, 1.54) is 0 Å². The van der Waals surface area contributed by atoms with Gasteiger partial charge in [-0.15, -0.1) is 0 Å². The molecule has 21 heavy (non-hydrogen) atoms. The van der Waals surface area contributed by atoms with Crippen LogP contribution in [-0.4, -0.2) is 9.97 Å². The number of aromatic nitrogens is 2. The second-order valence-corrected chi connectivity index (χ2v) is 7.30. The Bertz CT molecular complexity index is 715. The first-order valence-electron chi connectivity index (χ1n) is 6.31. The van der Waals surface area contributed by atoms with Gasteiger partial charge in [-0.25, -0.2) is 9.97 Å².